The van der Waals surface area contributed by atoms with Crippen LogP contribution in [0.2, 0.25) is 5.04 Å². The van der Waals surface area contributed by atoms with Gasteiger partial charge in [0.15, 0.2) is 0 Å². The van der Waals surface area contributed by atoms with Crippen molar-refractivity contribution in [2.24, 2.45) is 11.3 Å². The van der Waals surface area contributed by atoms with E-state index in [2.05, 4.69) is 114 Å². The van der Waals surface area contributed by atoms with Gasteiger partial charge in [0.2, 0.25) is 0 Å². The molecule has 2 aromatic carbocycles. The Balaban J connectivity index is 2.03. The molecule has 0 unspecified atom stereocenters. The highest BCUT2D eigenvalue weighted by Crippen LogP contribution is 2.43. The Bertz CT molecular complexity index is 823. The van der Waals surface area contributed by atoms with Crippen molar-refractivity contribution in [3.8, 4) is 0 Å². The topological polar surface area (TPSA) is 9.23 Å². The smallest absolute Gasteiger partial charge is 0.261 e. The minimum absolute atomic E-state index is 0.0165. The van der Waals surface area contributed by atoms with Crippen LogP contribution < -0.4 is 10.4 Å². The maximum Gasteiger partial charge on any atom is 0.261 e. The Morgan fingerprint density at radius 1 is 1.03 bits per heavy atom. The molecule has 3 rings (SSSR count). The maximum absolute atomic E-state index is 7.16. The molecule has 0 saturated heterocycles. The van der Waals surface area contributed by atoms with E-state index in [0.29, 0.717) is 12.5 Å². The zero-order valence-electron chi connectivity index (χ0n) is 19.4. The molecule has 1 nitrogen and oxygen atoms in total. The number of benzene rings is 2. The van der Waals surface area contributed by atoms with Crippen molar-refractivity contribution in [2.75, 3.05) is 6.61 Å². The van der Waals surface area contributed by atoms with E-state index in [-0.39, 0.29) is 10.5 Å². The molecule has 0 fully saturated rings. The minimum Gasteiger partial charge on any atom is -0.403 e. The lowest BCUT2D eigenvalue weighted by Crippen LogP contribution is -2.66. The first-order chi connectivity index (χ1) is 14.2. The van der Waals surface area contributed by atoms with Gasteiger partial charge in [-0.2, -0.15) is 0 Å². The van der Waals surface area contributed by atoms with E-state index in [4.69, 9.17) is 4.43 Å². The Labute approximate surface area is 185 Å². The fraction of sp³-hybridized carbons (Fsp3) is 0.429. The first kappa shape index (κ1) is 22.8. The second-order valence-corrected chi connectivity index (χ2v) is 14.5. The first-order valence-electron chi connectivity index (χ1n) is 11.3. The van der Waals surface area contributed by atoms with Crippen LogP contribution in [0.4, 0.5) is 0 Å². The van der Waals surface area contributed by atoms with Crippen molar-refractivity contribution in [3.63, 3.8) is 0 Å². The highest BCUT2D eigenvalue weighted by Gasteiger charge is 2.50. The lowest BCUT2D eigenvalue weighted by Gasteiger charge is -2.44. The minimum atomic E-state index is -2.48. The van der Waals surface area contributed by atoms with E-state index >= 15 is 0 Å². The summed E-state index contributed by atoms with van der Waals surface area (Å²) in [7, 11) is -2.48. The number of hydrogen-bond donors (Lipinski definition) is 0. The summed E-state index contributed by atoms with van der Waals surface area (Å²) < 4.78 is 7.16. The third-order valence-electron chi connectivity index (χ3n) is 7.03. The molecule has 2 aromatic rings. The summed E-state index contributed by atoms with van der Waals surface area (Å²) in [6.07, 6.45) is 7.95. The Morgan fingerprint density at radius 3 is 2.03 bits per heavy atom. The van der Waals surface area contributed by atoms with Crippen molar-refractivity contribution < 1.29 is 4.43 Å². The van der Waals surface area contributed by atoms with Crippen LogP contribution in [0.3, 0.4) is 0 Å². The molecule has 0 saturated carbocycles. The predicted molar refractivity (Wildman–Crippen MR) is 133 cm³/mol. The molecule has 0 radical (unpaired) electrons. The summed E-state index contributed by atoms with van der Waals surface area (Å²) in [6, 6.07) is 21.9. The van der Waals surface area contributed by atoms with Crippen molar-refractivity contribution in [1.29, 1.82) is 0 Å². The molecule has 30 heavy (non-hydrogen) atoms. The molecular weight excluding hydrogens is 380 g/mol. The van der Waals surface area contributed by atoms with Crippen molar-refractivity contribution >= 4 is 18.7 Å². The molecule has 0 bridgehead atoms. The van der Waals surface area contributed by atoms with Crippen LogP contribution >= 0.6 is 0 Å². The maximum atomic E-state index is 7.16. The third-order valence-corrected chi connectivity index (χ3v) is 12.0. The first-order valence-corrected chi connectivity index (χ1v) is 13.2. The van der Waals surface area contributed by atoms with E-state index in [0.717, 1.165) is 12.8 Å². The molecule has 0 heterocycles. The highest BCUT2D eigenvalue weighted by atomic mass is 28.4. The molecular formula is C28H38OSi. The second kappa shape index (κ2) is 9.07. The zero-order chi connectivity index (χ0) is 21.8. The molecule has 0 amide bonds. The van der Waals surface area contributed by atoms with Gasteiger partial charge in [-0.1, -0.05) is 107 Å². The molecule has 0 aliphatic heterocycles. The fourth-order valence-corrected chi connectivity index (χ4v) is 9.62. The average Bonchev–Trinajstić information content (AvgIpc) is 2.72. The normalized spacial score (nSPS) is 22.4. The van der Waals surface area contributed by atoms with Crippen molar-refractivity contribution in [2.45, 2.75) is 58.9 Å². The molecule has 160 valence electrons. The predicted octanol–water partition coefficient (Wildman–Crippen LogP) is 6.50. The standard InChI is InChI=1S/C28H38OSi/c1-7-20-28(6)21-24(19-18-23(28)2)22-29-30(27(3,4)5,25-14-10-8-11-15-25)26-16-12-9-13-17-26/h7-17,21,23H,1,18-20,22H2,2-6H3/t23-,28-/m1/s1. The summed E-state index contributed by atoms with van der Waals surface area (Å²) in [6.45, 7) is 16.5. The van der Waals surface area contributed by atoms with E-state index in [9.17, 15) is 0 Å². The van der Waals surface area contributed by atoms with Gasteiger partial charge in [-0.25, -0.2) is 0 Å². The molecule has 2 atom stereocenters. The lowest BCUT2D eigenvalue weighted by molar-refractivity contribution is 0.232. The number of allylic oxidation sites excluding steroid dienone is 2. The summed E-state index contributed by atoms with van der Waals surface area (Å²) >= 11 is 0. The van der Waals surface area contributed by atoms with E-state index < -0.39 is 8.32 Å². The third kappa shape index (κ3) is 4.40. The Morgan fingerprint density at radius 2 is 1.57 bits per heavy atom. The Hall–Kier alpha value is -1.90. The van der Waals surface area contributed by atoms with E-state index in [1.54, 1.807) is 0 Å². The van der Waals surface area contributed by atoms with E-state index in [1.165, 1.54) is 22.4 Å². The largest absolute Gasteiger partial charge is 0.403 e. The van der Waals surface area contributed by atoms with Gasteiger partial charge < -0.3 is 4.43 Å². The van der Waals surface area contributed by atoms with Crippen molar-refractivity contribution in [3.05, 3.63) is 85.0 Å². The quantitative estimate of drug-likeness (QED) is 0.368. The summed E-state index contributed by atoms with van der Waals surface area (Å²) in [5, 5.41) is 2.72. The van der Waals surface area contributed by atoms with Crippen LogP contribution in [-0.4, -0.2) is 14.9 Å². The van der Waals surface area contributed by atoms with Crippen LogP contribution in [0.5, 0.6) is 0 Å². The van der Waals surface area contributed by atoms with Gasteiger partial charge in [0, 0.05) is 0 Å². The number of hydrogen-bond acceptors (Lipinski definition) is 1. The monoisotopic (exact) mass is 418 g/mol. The van der Waals surface area contributed by atoms with Gasteiger partial charge in [0.1, 0.15) is 0 Å². The van der Waals surface area contributed by atoms with Crippen LogP contribution in [0.15, 0.2) is 85.0 Å². The molecule has 0 N–H and O–H groups in total. The summed E-state index contributed by atoms with van der Waals surface area (Å²) in [5.74, 6) is 0.673. The molecule has 0 spiro atoms. The van der Waals surface area contributed by atoms with Gasteiger partial charge in [-0.05, 0) is 51.6 Å². The van der Waals surface area contributed by atoms with Gasteiger partial charge in [0.05, 0.1) is 6.61 Å². The van der Waals surface area contributed by atoms with Crippen LogP contribution in [-0.2, 0) is 4.43 Å². The van der Waals surface area contributed by atoms with Crippen LogP contribution in [0.25, 0.3) is 0 Å². The summed E-state index contributed by atoms with van der Waals surface area (Å²) in [5.41, 5.74) is 1.63. The summed E-state index contributed by atoms with van der Waals surface area (Å²) in [4.78, 5) is 0. The molecule has 0 aromatic heterocycles. The van der Waals surface area contributed by atoms with Crippen LogP contribution in [0.1, 0.15) is 53.9 Å². The van der Waals surface area contributed by atoms with Gasteiger partial charge >= 0.3 is 0 Å². The molecule has 1 aliphatic carbocycles. The Kier molecular flexibility index (Phi) is 6.89. The molecule has 1 aliphatic rings. The fourth-order valence-electron chi connectivity index (χ4n) is 5.06. The van der Waals surface area contributed by atoms with Gasteiger partial charge in [-0.15, -0.1) is 6.58 Å². The second-order valence-electron chi connectivity index (χ2n) is 10.2. The van der Waals surface area contributed by atoms with Crippen molar-refractivity contribution in [1.82, 2.24) is 0 Å². The SMILES string of the molecule is C=CC[C@]1(C)C=C(CO[Si](c2ccccc2)(c2ccccc2)C(C)(C)C)CC[C@H]1C. The zero-order valence-corrected chi connectivity index (χ0v) is 20.4. The average molecular weight is 419 g/mol. The number of rotatable bonds is 7. The van der Waals surface area contributed by atoms with Gasteiger partial charge in [0.25, 0.3) is 8.32 Å². The lowest BCUT2D eigenvalue weighted by atomic mass is 9.68. The van der Waals surface area contributed by atoms with Crippen LogP contribution in [0, 0.1) is 11.3 Å². The van der Waals surface area contributed by atoms with Gasteiger partial charge in [-0.3, -0.25) is 0 Å². The molecule has 2 heteroatoms. The van der Waals surface area contributed by atoms with E-state index in [1.807, 2.05) is 0 Å². The highest BCUT2D eigenvalue weighted by molar-refractivity contribution is 6.99.